The number of nitrogens with two attached hydrogens (primary N) is 1. The van der Waals surface area contributed by atoms with E-state index in [1.807, 2.05) is 0 Å². The van der Waals surface area contributed by atoms with E-state index in [2.05, 4.69) is 22.4 Å². The first-order valence-electron chi connectivity index (χ1n) is 10.6. The van der Waals surface area contributed by atoms with E-state index in [1.54, 1.807) is 19.2 Å². The van der Waals surface area contributed by atoms with E-state index in [-0.39, 0.29) is 22.6 Å². The summed E-state index contributed by atoms with van der Waals surface area (Å²) in [5.74, 6) is -1.56. The standard InChI is InChI=1S/C20H27N5O5S2/c1-9-5-4-6-10(7-9)30-24-12(11-8-31-19(21)22-11)15(26)23-13-16(27)25-14(18(28)29)20(2,3)32-17(13)25/h8-10,13-14,17H,4-7H2,1-3H3,(H2,21,22)(H,23,26)(H,28,29)/t9-,10+,13-,14-,17+/m0/s1. The van der Waals surface area contributed by atoms with Gasteiger partial charge in [-0.3, -0.25) is 9.59 Å². The molecule has 1 saturated carbocycles. The first-order valence-corrected chi connectivity index (χ1v) is 12.3. The van der Waals surface area contributed by atoms with E-state index < -0.39 is 40.0 Å². The van der Waals surface area contributed by atoms with E-state index in [4.69, 9.17) is 10.6 Å². The zero-order valence-electron chi connectivity index (χ0n) is 18.1. The molecule has 1 aromatic rings. The monoisotopic (exact) mass is 481 g/mol. The van der Waals surface area contributed by atoms with Crippen molar-refractivity contribution in [2.75, 3.05) is 5.73 Å². The lowest BCUT2D eigenvalue weighted by Crippen LogP contribution is -2.71. The Morgan fingerprint density at radius 3 is 2.78 bits per heavy atom. The van der Waals surface area contributed by atoms with Gasteiger partial charge in [0.25, 0.3) is 5.91 Å². The second-order valence-electron chi connectivity index (χ2n) is 9.06. The fraction of sp³-hybridized carbons (Fsp3) is 0.650. The van der Waals surface area contributed by atoms with Gasteiger partial charge in [0, 0.05) is 10.1 Å². The summed E-state index contributed by atoms with van der Waals surface area (Å²) in [6.45, 7) is 5.73. The predicted molar refractivity (Wildman–Crippen MR) is 121 cm³/mol. The first-order chi connectivity index (χ1) is 15.1. The van der Waals surface area contributed by atoms with Crippen molar-refractivity contribution in [3.05, 3.63) is 11.1 Å². The normalized spacial score (nSPS) is 31.6. The molecule has 3 aliphatic rings. The minimum Gasteiger partial charge on any atom is -0.480 e. The molecule has 3 fully saturated rings. The minimum atomic E-state index is -1.06. The van der Waals surface area contributed by atoms with E-state index in [9.17, 15) is 19.5 Å². The molecule has 1 aromatic heterocycles. The van der Waals surface area contributed by atoms with Crippen molar-refractivity contribution in [1.29, 1.82) is 0 Å². The van der Waals surface area contributed by atoms with E-state index in [1.165, 1.54) is 28.0 Å². The number of carbonyl (C=O) groups is 3. The number of amides is 2. The van der Waals surface area contributed by atoms with Gasteiger partial charge in [0.1, 0.15) is 29.3 Å². The van der Waals surface area contributed by atoms with Crippen LogP contribution in [0.2, 0.25) is 0 Å². The molecule has 2 saturated heterocycles. The van der Waals surface area contributed by atoms with Crippen molar-refractivity contribution in [2.45, 2.75) is 74.8 Å². The van der Waals surface area contributed by atoms with Crippen LogP contribution in [-0.4, -0.2) is 66.8 Å². The molecule has 4 N–H and O–H groups in total. The van der Waals surface area contributed by atoms with Gasteiger partial charge in [0.05, 0.1) is 0 Å². The summed E-state index contributed by atoms with van der Waals surface area (Å²) in [5.41, 5.74) is 5.97. The van der Waals surface area contributed by atoms with Crippen molar-refractivity contribution in [1.82, 2.24) is 15.2 Å². The molecule has 0 bridgehead atoms. The molecular formula is C20H27N5O5S2. The maximum absolute atomic E-state index is 13.1. The number of nitrogens with zero attached hydrogens (tertiary/aromatic N) is 3. The molecule has 3 heterocycles. The number of hydrogen-bond acceptors (Lipinski definition) is 9. The van der Waals surface area contributed by atoms with Gasteiger partial charge in [0.2, 0.25) is 5.91 Å². The highest BCUT2D eigenvalue weighted by atomic mass is 32.2. The molecule has 2 aliphatic heterocycles. The molecule has 32 heavy (non-hydrogen) atoms. The molecular weight excluding hydrogens is 454 g/mol. The summed E-state index contributed by atoms with van der Waals surface area (Å²) in [4.78, 5) is 48.7. The van der Waals surface area contributed by atoms with E-state index in [0.29, 0.717) is 5.92 Å². The topological polar surface area (TPSA) is 147 Å². The number of hydrogen-bond donors (Lipinski definition) is 3. The lowest BCUT2D eigenvalue weighted by molar-refractivity contribution is -0.160. The molecule has 0 spiro atoms. The summed E-state index contributed by atoms with van der Waals surface area (Å²) >= 11 is 2.54. The third-order valence-corrected chi connectivity index (χ3v) is 8.37. The van der Waals surface area contributed by atoms with Crippen LogP contribution in [0.3, 0.4) is 0 Å². The Hall–Kier alpha value is -2.34. The van der Waals surface area contributed by atoms with Gasteiger partial charge in [-0.15, -0.1) is 23.1 Å². The summed E-state index contributed by atoms with van der Waals surface area (Å²) < 4.78 is -0.674. The number of thiazole rings is 1. The SMILES string of the molecule is C[C@H]1CCC[C@@H](ON=C(C(=O)N[C@H]2C(=O)N3[C@@H]2SC(C)(C)[C@@H]3C(=O)O)c2csc(N)n2)C1. The fourth-order valence-corrected chi connectivity index (χ4v) is 6.73. The summed E-state index contributed by atoms with van der Waals surface area (Å²) in [7, 11) is 0. The lowest BCUT2D eigenvalue weighted by atomic mass is 9.89. The minimum absolute atomic E-state index is 0.0422. The smallest absolute Gasteiger partial charge is 0.327 e. The number of carboxylic acids is 1. The number of aliphatic carboxylic acids is 1. The molecule has 5 atom stereocenters. The molecule has 174 valence electrons. The van der Waals surface area contributed by atoms with Crippen molar-refractivity contribution < 1.29 is 24.3 Å². The third kappa shape index (κ3) is 4.17. The van der Waals surface area contributed by atoms with Gasteiger partial charge >= 0.3 is 5.97 Å². The van der Waals surface area contributed by atoms with Gasteiger partial charge in [-0.25, -0.2) is 9.78 Å². The number of aromatic nitrogens is 1. The van der Waals surface area contributed by atoms with Gasteiger partial charge in [-0.1, -0.05) is 18.5 Å². The van der Waals surface area contributed by atoms with Crippen molar-refractivity contribution in [2.24, 2.45) is 11.1 Å². The first kappa shape index (κ1) is 22.8. The molecule has 0 unspecified atom stereocenters. The van der Waals surface area contributed by atoms with Crippen LogP contribution in [0.5, 0.6) is 0 Å². The number of fused-ring (bicyclic) bond motifs is 1. The summed E-state index contributed by atoms with van der Waals surface area (Å²) in [6, 6.07) is -1.78. The van der Waals surface area contributed by atoms with Gasteiger partial charge in [0.15, 0.2) is 10.8 Å². The fourth-order valence-electron chi connectivity index (χ4n) is 4.56. The van der Waals surface area contributed by atoms with Crippen LogP contribution in [0.25, 0.3) is 0 Å². The molecule has 10 nitrogen and oxygen atoms in total. The Labute approximate surface area is 193 Å². The number of thioether (sulfide) groups is 1. The van der Waals surface area contributed by atoms with Crippen LogP contribution in [0, 0.1) is 5.92 Å². The van der Waals surface area contributed by atoms with Gasteiger partial charge in [-0.2, -0.15) is 0 Å². The number of rotatable bonds is 6. The van der Waals surface area contributed by atoms with Crippen LogP contribution in [0.1, 0.15) is 52.1 Å². The maximum Gasteiger partial charge on any atom is 0.327 e. The molecule has 2 amide bonds. The largest absolute Gasteiger partial charge is 0.480 e. The number of carboxylic acid groups (broad SMARTS) is 1. The highest BCUT2D eigenvalue weighted by Crippen LogP contribution is 2.50. The maximum atomic E-state index is 13.1. The Kier molecular flexibility index (Phi) is 6.10. The molecule has 12 heteroatoms. The Morgan fingerprint density at radius 2 is 2.16 bits per heavy atom. The van der Waals surface area contributed by atoms with E-state index >= 15 is 0 Å². The Morgan fingerprint density at radius 1 is 1.41 bits per heavy atom. The number of carbonyl (C=O) groups excluding carboxylic acids is 2. The summed E-state index contributed by atoms with van der Waals surface area (Å²) in [5, 5.41) is 17.8. The lowest BCUT2D eigenvalue weighted by Gasteiger charge is -2.43. The zero-order chi connectivity index (χ0) is 23.2. The summed E-state index contributed by atoms with van der Waals surface area (Å²) in [6.07, 6.45) is 3.83. The Bertz CT molecular complexity index is 964. The third-order valence-electron chi connectivity index (χ3n) is 6.12. The molecule has 1 aliphatic carbocycles. The highest BCUT2D eigenvalue weighted by Gasteiger charge is 2.64. The number of nitrogens with one attached hydrogen (secondary N) is 1. The van der Waals surface area contributed by atoms with Crippen LogP contribution < -0.4 is 11.1 Å². The Balaban J connectivity index is 1.50. The number of oxime groups is 1. The zero-order valence-corrected chi connectivity index (χ0v) is 19.7. The van der Waals surface area contributed by atoms with Crippen molar-refractivity contribution >= 4 is 51.7 Å². The van der Waals surface area contributed by atoms with Crippen molar-refractivity contribution in [3.8, 4) is 0 Å². The van der Waals surface area contributed by atoms with Crippen LogP contribution >= 0.6 is 23.1 Å². The van der Waals surface area contributed by atoms with Crippen LogP contribution in [0.15, 0.2) is 10.5 Å². The van der Waals surface area contributed by atoms with Gasteiger partial charge < -0.3 is 25.9 Å². The molecule has 0 radical (unpaired) electrons. The molecule has 0 aromatic carbocycles. The predicted octanol–water partition coefficient (Wildman–Crippen LogP) is 1.66. The van der Waals surface area contributed by atoms with Crippen LogP contribution in [0.4, 0.5) is 5.13 Å². The van der Waals surface area contributed by atoms with Crippen molar-refractivity contribution in [3.63, 3.8) is 0 Å². The number of nitrogen functional groups attached to an aromatic ring is 1. The average molecular weight is 482 g/mol. The number of β-lactam (4-membered cyclic amide) rings is 1. The van der Waals surface area contributed by atoms with E-state index in [0.717, 1.165) is 25.7 Å². The average Bonchev–Trinajstić information content (AvgIpc) is 3.25. The quantitative estimate of drug-likeness (QED) is 0.316. The second kappa shape index (κ2) is 8.54. The van der Waals surface area contributed by atoms with Crippen LogP contribution in [-0.2, 0) is 19.2 Å². The van der Waals surface area contributed by atoms with Gasteiger partial charge in [-0.05, 0) is 39.0 Å². The highest BCUT2D eigenvalue weighted by molar-refractivity contribution is 8.01. The number of anilines is 1. The molecule has 4 rings (SSSR count). The second-order valence-corrected chi connectivity index (χ2v) is 11.7.